The number of aliphatic hydroxyl groups is 2. The van der Waals surface area contributed by atoms with Crippen molar-refractivity contribution in [2.24, 2.45) is 5.41 Å². The second-order valence-electron chi connectivity index (χ2n) is 19.7. The molecule has 3 N–H and O–H groups in total. The summed E-state index contributed by atoms with van der Waals surface area (Å²) in [5.41, 5.74) is 3.15. The molecule has 0 aliphatic carbocycles. The average molecular weight is 1040 g/mol. The van der Waals surface area contributed by atoms with E-state index in [9.17, 15) is 47.8 Å². The lowest BCUT2D eigenvalue weighted by atomic mass is 9.85. The molecule has 0 spiro atoms. The minimum atomic E-state index is -4.82. The molecule has 5 aromatic rings. The Kier molecular flexibility index (Phi) is 16.5. The van der Waals surface area contributed by atoms with Crippen LogP contribution in [0.3, 0.4) is 0 Å². The number of thiazole rings is 1. The van der Waals surface area contributed by atoms with Gasteiger partial charge in [-0.15, -0.1) is 11.3 Å². The number of likely N-dealkylation sites (tertiary alicyclic amines) is 1. The van der Waals surface area contributed by atoms with E-state index in [1.165, 1.54) is 11.0 Å². The molecule has 73 heavy (non-hydrogen) atoms. The van der Waals surface area contributed by atoms with Gasteiger partial charge >= 0.3 is 6.18 Å². The Morgan fingerprint density at radius 1 is 0.973 bits per heavy atom. The third-order valence-electron chi connectivity index (χ3n) is 12.9. The number of hydrogen-bond acceptors (Lipinski definition) is 12. The molecule has 2 saturated heterocycles. The maximum absolute atomic E-state index is 14.0. The molecular formula is C54H57F3N6O8S2. The first-order valence-corrected chi connectivity index (χ1v) is 25.0. The predicted molar refractivity (Wildman–Crippen MR) is 275 cm³/mol. The lowest BCUT2D eigenvalue weighted by Crippen LogP contribution is -2.57. The van der Waals surface area contributed by atoms with Crippen LogP contribution < -0.4 is 19.9 Å². The van der Waals surface area contributed by atoms with Crippen LogP contribution in [0.2, 0.25) is 0 Å². The second-order valence-corrected chi connectivity index (χ2v) is 20.9. The van der Waals surface area contributed by atoms with Crippen LogP contribution in [0.1, 0.15) is 76.3 Å². The first kappa shape index (κ1) is 54.2. The highest BCUT2D eigenvalue weighted by Gasteiger charge is 2.51. The van der Waals surface area contributed by atoms with Crippen molar-refractivity contribution in [3.8, 4) is 33.4 Å². The number of halogens is 3. The van der Waals surface area contributed by atoms with Crippen molar-refractivity contribution in [2.45, 2.75) is 103 Å². The normalized spacial score (nSPS) is 17.6. The molecule has 1 aromatic heterocycles. The second kappa shape index (κ2) is 22.3. The van der Waals surface area contributed by atoms with Crippen LogP contribution in [0, 0.1) is 23.7 Å². The molecule has 7 rings (SSSR count). The van der Waals surface area contributed by atoms with Gasteiger partial charge in [-0.3, -0.25) is 24.1 Å². The van der Waals surface area contributed by atoms with E-state index in [-0.39, 0.29) is 55.6 Å². The van der Waals surface area contributed by atoms with Crippen LogP contribution in [0.15, 0.2) is 96.5 Å². The Bertz CT molecular complexity index is 2880. The number of thiocarbonyl (C=S) groups is 1. The average Bonchev–Trinajstić information content (AvgIpc) is 4.01. The molecule has 3 heterocycles. The van der Waals surface area contributed by atoms with Crippen LogP contribution in [0.4, 0.5) is 24.5 Å². The Hall–Kier alpha value is -6.56. The van der Waals surface area contributed by atoms with Crippen molar-refractivity contribution in [1.82, 2.24) is 15.2 Å². The van der Waals surface area contributed by atoms with Crippen LogP contribution in [-0.2, 0) is 36.5 Å². The number of benzene rings is 4. The Labute approximate surface area is 431 Å². The number of carbonyl (C=O) groups is 4. The number of rotatable bonds is 18. The highest BCUT2D eigenvalue weighted by molar-refractivity contribution is 7.81. The number of aliphatic hydroxyl groups excluding tert-OH is 2. The number of ketones is 1. The number of alkyl halides is 3. The number of hydrogen-bond donors (Lipinski definition) is 3. The third kappa shape index (κ3) is 12.5. The number of nitrogens with one attached hydrogen (secondary N) is 1. The number of carbonyl (C=O) groups excluding carboxylic acids is 4. The summed E-state index contributed by atoms with van der Waals surface area (Å²) in [5.74, 6) is -1.22. The van der Waals surface area contributed by atoms with Crippen molar-refractivity contribution < 1.29 is 52.0 Å². The minimum absolute atomic E-state index is 0.0139. The number of anilines is 2. The van der Waals surface area contributed by atoms with Gasteiger partial charge in [-0.2, -0.15) is 18.4 Å². The molecule has 14 nitrogen and oxygen atoms in total. The molecule has 2 aliphatic rings. The Morgan fingerprint density at radius 3 is 2.21 bits per heavy atom. The predicted octanol–water partition coefficient (Wildman–Crippen LogP) is 8.43. The monoisotopic (exact) mass is 1040 g/mol. The van der Waals surface area contributed by atoms with Crippen LogP contribution in [0.5, 0.6) is 5.75 Å². The number of amides is 3. The fourth-order valence-electron chi connectivity index (χ4n) is 8.91. The molecule has 2 aliphatic heterocycles. The molecule has 3 amide bonds. The van der Waals surface area contributed by atoms with Crippen molar-refractivity contribution in [1.29, 1.82) is 5.26 Å². The van der Waals surface area contributed by atoms with E-state index in [1.54, 1.807) is 86.7 Å². The zero-order valence-electron chi connectivity index (χ0n) is 41.2. The van der Waals surface area contributed by atoms with Crippen LogP contribution >= 0.6 is 23.6 Å². The summed E-state index contributed by atoms with van der Waals surface area (Å²) < 4.78 is 52.7. The zero-order valence-corrected chi connectivity index (χ0v) is 42.9. The molecule has 2 fully saturated rings. The molecular weight excluding hydrogens is 982 g/mol. The summed E-state index contributed by atoms with van der Waals surface area (Å²) in [7, 11) is 0. The van der Waals surface area contributed by atoms with Gasteiger partial charge in [0.2, 0.25) is 11.8 Å². The van der Waals surface area contributed by atoms with Gasteiger partial charge in [-0.1, -0.05) is 69.3 Å². The van der Waals surface area contributed by atoms with E-state index in [0.29, 0.717) is 17.9 Å². The molecule has 0 saturated carbocycles. The van der Waals surface area contributed by atoms with Gasteiger partial charge < -0.3 is 34.8 Å². The molecule has 0 bridgehead atoms. The summed E-state index contributed by atoms with van der Waals surface area (Å²) in [6.45, 7) is 10.1. The van der Waals surface area contributed by atoms with E-state index < -0.39 is 76.9 Å². The highest BCUT2D eigenvalue weighted by Crippen LogP contribution is 2.40. The fourth-order valence-corrected chi connectivity index (χ4v) is 10.2. The number of ether oxygens (including phenoxy) is 2. The van der Waals surface area contributed by atoms with Crippen molar-refractivity contribution in [3.05, 3.63) is 119 Å². The highest BCUT2D eigenvalue weighted by atomic mass is 32.1. The molecule has 4 aromatic carbocycles. The van der Waals surface area contributed by atoms with E-state index in [4.69, 9.17) is 21.7 Å². The Morgan fingerprint density at radius 2 is 1.60 bits per heavy atom. The number of nitriles is 1. The van der Waals surface area contributed by atoms with E-state index in [2.05, 4.69) is 10.3 Å². The number of nitrogens with zero attached hydrogens (tertiary/aromatic N) is 5. The van der Waals surface area contributed by atoms with Gasteiger partial charge in [0.25, 0.3) is 5.91 Å². The third-order valence-corrected chi connectivity index (χ3v) is 14.2. The largest absolute Gasteiger partial charge is 0.493 e. The summed E-state index contributed by atoms with van der Waals surface area (Å²) in [4.78, 5) is 63.8. The molecule has 19 heteroatoms. The molecule has 384 valence electrons. The van der Waals surface area contributed by atoms with Gasteiger partial charge in [0.15, 0.2) is 10.9 Å². The summed E-state index contributed by atoms with van der Waals surface area (Å²) in [6, 6.07) is 25.1. The number of β-amino-alcohol motifs (C(OH)–C–C–N with tert-alkyl or cyclic N) is 1. The molecule has 0 radical (unpaired) electrons. The maximum atomic E-state index is 14.0. The number of Topliss-reactive ketones (excluding diaryl/α,β-unsaturated/α-hetero) is 1. The first-order chi connectivity index (χ1) is 34.5. The molecule has 4 atom stereocenters. The zero-order chi connectivity index (χ0) is 53.0. The lowest BCUT2D eigenvalue weighted by Gasteiger charge is -2.35. The topological polar surface area (TPSA) is 186 Å². The van der Waals surface area contributed by atoms with Gasteiger partial charge in [0.1, 0.15) is 23.9 Å². The smallest absolute Gasteiger partial charge is 0.417 e. The summed E-state index contributed by atoms with van der Waals surface area (Å²) in [6.07, 6.45) is -5.73. The van der Waals surface area contributed by atoms with Crippen LogP contribution in [-0.4, -0.2) is 105 Å². The van der Waals surface area contributed by atoms with Gasteiger partial charge in [-0.05, 0) is 110 Å². The first-order valence-electron chi connectivity index (χ1n) is 23.7. The minimum Gasteiger partial charge on any atom is -0.493 e. The van der Waals surface area contributed by atoms with Crippen molar-refractivity contribution >= 4 is 63.5 Å². The van der Waals surface area contributed by atoms with Gasteiger partial charge in [0, 0.05) is 31.5 Å². The SMILES string of the molecule is Cc1ncsc1-c1ccc(CCC(=O)[C@@H]2C[C@@H](O)CN2C(=O)[C@@H](NC(=O)COC[C@@H](O)CCOc2ccc(-c3ccc(N4C(=S)N(c5ccc(C#N)c(C(F)(F)F)c5)C(=O)C4(C)C)cc3)cc2)C(C)(C)C)cc1. The number of aromatic nitrogens is 1. The maximum Gasteiger partial charge on any atom is 0.417 e. The van der Waals surface area contributed by atoms with E-state index in [1.807, 2.05) is 55.5 Å². The van der Waals surface area contributed by atoms with Crippen LogP contribution in [0.25, 0.3) is 21.6 Å². The Balaban J connectivity index is 0.855. The van der Waals surface area contributed by atoms with Crippen molar-refractivity contribution in [3.63, 3.8) is 0 Å². The lowest BCUT2D eigenvalue weighted by molar-refractivity contribution is -0.144. The van der Waals surface area contributed by atoms with Gasteiger partial charge in [-0.25, -0.2) is 4.98 Å². The van der Waals surface area contributed by atoms with Gasteiger partial charge in [0.05, 0.1) is 70.4 Å². The van der Waals surface area contributed by atoms with Crippen molar-refractivity contribution in [2.75, 3.05) is 36.2 Å². The summed E-state index contributed by atoms with van der Waals surface area (Å²) in [5, 5.41) is 33.2. The van der Waals surface area contributed by atoms with E-state index in [0.717, 1.165) is 49.9 Å². The standard InChI is InChI=1S/C54H57F3N6O8S2/c1-32-47(73-31-59-32)36-10-7-33(8-11-36)9-22-45(66)44-26-41(65)28-61(44)49(68)48(52(2,3)4)60-46(67)30-70-29-40(64)23-24-71-42-20-15-35(16-21-42)34-12-17-38(18-13-34)63-51(72)62(50(69)53(63,5)6)39-19-14-37(27-58)43(25-39)54(55,56)57/h7-8,10-21,25,31,40-41,44,48,64-65H,9,22-24,26,28-30H2,1-6H3,(H,60,67)/t40-,41+,44-,48+/m0/s1. The quantitative estimate of drug-likeness (QED) is 0.0713. The van der Waals surface area contributed by atoms with E-state index >= 15 is 0 Å². The fraction of sp³-hybridized carbons (Fsp3) is 0.389. The number of aryl methyl sites for hydroxylation is 2. The summed E-state index contributed by atoms with van der Waals surface area (Å²) >= 11 is 7.23. The molecule has 0 unspecified atom stereocenters.